The highest BCUT2D eigenvalue weighted by Gasteiger charge is 2.48. The van der Waals surface area contributed by atoms with E-state index in [0.29, 0.717) is 0 Å². The van der Waals surface area contributed by atoms with Gasteiger partial charge in [-0.2, -0.15) is 0 Å². The third-order valence-corrected chi connectivity index (χ3v) is 15.6. The zero-order valence-electron chi connectivity index (χ0n) is 27.5. The normalized spacial score (nSPS) is 21.6. The Kier molecular flexibility index (Phi) is 11.0. The van der Waals surface area contributed by atoms with Crippen molar-refractivity contribution in [2.75, 3.05) is 0 Å². The molecule has 4 atom stereocenters. The van der Waals surface area contributed by atoms with Crippen LogP contribution in [0.5, 0.6) is 0 Å². The molecule has 4 heterocycles. The Morgan fingerprint density at radius 1 is 0.543 bits per heavy atom. The van der Waals surface area contributed by atoms with Crippen molar-refractivity contribution < 1.29 is 0 Å². The largest absolute Gasteiger partial charge is 0.139 e. The van der Waals surface area contributed by atoms with E-state index in [4.69, 9.17) is 0 Å². The molecule has 4 unspecified atom stereocenters. The summed E-state index contributed by atoms with van der Waals surface area (Å²) in [5.41, 5.74) is 5.57. The van der Waals surface area contributed by atoms with Gasteiger partial charge in [-0.1, -0.05) is 113 Å². The Morgan fingerprint density at radius 3 is 1.39 bits per heavy atom. The summed E-state index contributed by atoms with van der Waals surface area (Å²) >= 11 is 8.47. The smallest absolute Gasteiger partial charge is 0.0285 e. The van der Waals surface area contributed by atoms with Crippen LogP contribution >= 0.6 is 46.2 Å². The van der Waals surface area contributed by atoms with Crippen LogP contribution in [0.25, 0.3) is 24.3 Å². The highest BCUT2D eigenvalue weighted by atomic mass is 32.2. The van der Waals surface area contributed by atoms with E-state index in [9.17, 15) is 0 Å². The average Bonchev–Trinajstić information content (AvgIpc) is 3.83. The predicted octanol–water partition coefficient (Wildman–Crippen LogP) is 14.0. The molecule has 7 rings (SSSR count). The van der Waals surface area contributed by atoms with Gasteiger partial charge in [-0.05, 0) is 85.1 Å². The molecule has 0 radical (unpaired) electrons. The average molecular weight is 681 g/mol. The highest BCUT2D eigenvalue weighted by molar-refractivity contribution is 8.01. The molecule has 0 bridgehead atoms. The number of benzene rings is 2. The molecule has 1 aliphatic carbocycles. The lowest BCUT2D eigenvalue weighted by molar-refractivity contribution is 0.435. The first-order valence-electron chi connectivity index (χ1n) is 17.8. The lowest BCUT2D eigenvalue weighted by Gasteiger charge is -2.33. The molecular formula is C42H48S4. The fourth-order valence-electron chi connectivity index (χ4n) is 7.41. The number of hydrogen-bond acceptors (Lipinski definition) is 4. The van der Waals surface area contributed by atoms with E-state index in [-0.39, 0.29) is 0 Å². The molecule has 2 aromatic heterocycles. The summed E-state index contributed by atoms with van der Waals surface area (Å²) in [4.78, 5) is 9.29. The quantitative estimate of drug-likeness (QED) is 0.122. The minimum Gasteiger partial charge on any atom is -0.139 e. The maximum absolute atomic E-state index is 2.48. The van der Waals surface area contributed by atoms with Crippen molar-refractivity contribution in [3.63, 3.8) is 0 Å². The van der Waals surface area contributed by atoms with Gasteiger partial charge in [0.2, 0.25) is 0 Å². The molecule has 4 aromatic rings. The second-order valence-electron chi connectivity index (χ2n) is 13.5. The van der Waals surface area contributed by atoms with Crippen LogP contribution < -0.4 is 0 Å². The highest BCUT2D eigenvalue weighted by Crippen LogP contribution is 2.63. The van der Waals surface area contributed by atoms with Gasteiger partial charge in [0.05, 0.1) is 0 Å². The zero-order chi connectivity index (χ0) is 31.3. The summed E-state index contributed by atoms with van der Waals surface area (Å²) < 4.78 is 0. The molecule has 4 heteroatoms. The maximum Gasteiger partial charge on any atom is 0.0285 e. The second-order valence-corrected chi connectivity index (χ2v) is 18.3. The number of rotatable bonds is 14. The van der Waals surface area contributed by atoms with Crippen LogP contribution in [0.4, 0.5) is 0 Å². The zero-order valence-corrected chi connectivity index (χ0v) is 30.8. The molecule has 0 nitrogen and oxygen atoms in total. The molecule has 0 amide bonds. The minimum absolute atomic E-state index is 0.732. The molecule has 0 N–H and O–H groups in total. The second kappa shape index (κ2) is 15.5. The van der Waals surface area contributed by atoms with Crippen molar-refractivity contribution in [2.24, 2.45) is 0 Å². The van der Waals surface area contributed by atoms with E-state index in [0.717, 1.165) is 22.3 Å². The lowest BCUT2D eigenvalue weighted by atomic mass is 9.80. The van der Waals surface area contributed by atoms with Crippen LogP contribution in [0, 0.1) is 0 Å². The van der Waals surface area contributed by atoms with Crippen LogP contribution in [0.15, 0.2) is 70.5 Å². The third kappa shape index (κ3) is 7.67. The molecule has 2 aromatic carbocycles. The Labute approximate surface area is 294 Å². The van der Waals surface area contributed by atoms with Gasteiger partial charge >= 0.3 is 0 Å². The number of thiophene rings is 2. The van der Waals surface area contributed by atoms with Gasteiger partial charge in [-0.25, -0.2) is 0 Å². The Hall–Kier alpha value is -1.98. The molecule has 0 saturated heterocycles. The lowest BCUT2D eigenvalue weighted by Crippen LogP contribution is -2.28. The summed E-state index contributed by atoms with van der Waals surface area (Å²) in [6.45, 7) is 4.56. The first-order chi connectivity index (χ1) is 22.7. The summed E-state index contributed by atoms with van der Waals surface area (Å²) in [5, 5.41) is 1.50. The van der Waals surface area contributed by atoms with Crippen molar-refractivity contribution in [3.8, 4) is 0 Å². The molecule has 2 aliphatic heterocycles. The van der Waals surface area contributed by atoms with E-state index in [1.54, 1.807) is 19.5 Å². The fraction of sp³-hybridized carbons (Fsp3) is 0.429. The number of fused-ring (bicyclic) bond motifs is 6. The molecule has 240 valence electrons. The number of hydrogen-bond donors (Lipinski definition) is 0. The Morgan fingerprint density at radius 2 is 0.978 bits per heavy atom. The Balaban J connectivity index is 0.929. The molecule has 0 spiro atoms. The van der Waals surface area contributed by atoms with E-state index in [1.807, 2.05) is 0 Å². The summed E-state index contributed by atoms with van der Waals surface area (Å²) in [6.07, 6.45) is 25.0. The van der Waals surface area contributed by atoms with Crippen molar-refractivity contribution in [1.82, 2.24) is 0 Å². The van der Waals surface area contributed by atoms with E-state index in [2.05, 4.69) is 145 Å². The minimum atomic E-state index is 0.732. The van der Waals surface area contributed by atoms with Crippen LogP contribution in [0.2, 0.25) is 0 Å². The monoisotopic (exact) mass is 680 g/mol. The number of thioether (sulfide) groups is 2. The van der Waals surface area contributed by atoms with Crippen LogP contribution in [-0.2, 0) is 12.8 Å². The van der Waals surface area contributed by atoms with Gasteiger partial charge in [0, 0.05) is 51.6 Å². The number of aryl methyl sites for hydroxylation is 2. The first kappa shape index (κ1) is 32.6. The molecule has 1 fully saturated rings. The van der Waals surface area contributed by atoms with Gasteiger partial charge in [-0.15, -0.1) is 46.2 Å². The predicted molar refractivity (Wildman–Crippen MR) is 209 cm³/mol. The third-order valence-electron chi connectivity index (χ3n) is 10.1. The van der Waals surface area contributed by atoms with Crippen molar-refractivity contribution >= 4 is 70.5 Å². The Bertz CT molecular complexity index is 1510. The number of unbranched alkanes of at least 4 members (excludes halogenated alkanes) is 6. The van der Waals surface area contributed by atoms with Crippen molar-refractivity contribution in [3.05, 3.63) is 102 Å². The van der Waals surface area contributed by atoms with E-state index in [1.165, 1.54) is 109 Å². The molecular weight excluding hydrogens is 633 g/mol. The maximum atomic E-state index is 2.48. The van der Waals surface area contributed by atoms with Gasteiger partial charge in [0.15, 0.2) is 0 Å². The van der Waals surface area contributed by atoms with Crippen LogP contribution in [-0.4, -0.2) is 10.5 Å². The molecule has 46 heavy (non-hydrogen) atoms. The SMILES string of the molecule is CCCCCCc1ccc(/C=C/c2cc3c(s2)C2CC4Sc5cc(/C=C/c6ccc(CCCCCC)cc6)sc5C4CC2S3)cc1. The summed E-state index contributed by atoms with van der Waals surface area (Å²) in [5.74, 6) is 1.46. The van der Waals surface area contributed by atoms with E-state index >= 15 is 0 Å². The van der Waals surface area contributed by atoms with Gasteiger partial charge in [0.1, 0.15) is 0 Å². The van der Waals surface area contributed by atoms with Gasteiger partial charge in [0.25, 0.3) is 0 Å². The molecule has 1 saturated carbocycles. The standard InChI is InChI=1S/C42H48S4/c1-3-5-7-9-11-29-13-17-31(18-14-29)21-23-33-25-39-41(43-33)35-27-38-36(28-37(35)45-39)42-40(46-38)26-34(44-42)24-22-32-19-15-30(16-20-32)12-10-8-6-4-2/h13-26,35-38H,3-12,27-28H2,1-2H3/b23-21+,24-22+. The van der Waals surface area contributed by atoms with Crippen molar-refractivity contribution in [2.45, 2.75) is 123 Å². The van der Waals surface area contributed by atoms with Gasteiger partial charge < -0.3 is 0 Å². The summed E-state index contributed by atoms with van der Waals surface area (Å²) in [7, 11) is 0. The van der Waals surface area contributed by atoms with Crippen molar-refractivity contribution in [1.29, 1.82) is 0 Å². The van der Waals surface area contributed by atoms with E-state index < -0.39 is 0 Å². The first-order valence-corrected chi connectivity index (χ1v) is 21.2. The van der Waals surface area contributed by atoms with Crippen LogP contribution in [0.3, 0.4) is 0 Å². The van der Waals surface area contributed by atoms with Gasteiger partial charge in [-0.3, -0.25) is 0 Å². The topological polar surface area (TPSA) is 0 Å². The molecule has 3 aliphatic rings. The fourth-order valence-corrected chi connectivity index (χ4v) is 13.6. The summed E-state index contributed by atoms with van der Waals surface area (Å²) in [6, 6.07) is 23.4. The van der Waals surface area contributed by atoms with Crippen LogP contribution in [0.1, 0.15) is 132 Å².